The van der Waals surface area contributed by atoms with Crippen LogP contribution < -0.4 is 15.4 Å². The van der Waals surface area contributed by atoms with Crippen LogP contribution >= 0.6 is 0 Å². The lowest BCUT2D eigenvalue weighted by atomic mass is 10.1. The van der Waals surface area contributed by atoms with Crippen LogP contribution in [-0.4, -0.2) is 21.3 Å². The molecular formula is C20H23N5O. The molecule has 26 heavy (non-hydrogen) atoms. The third kappa shape index (κ3) is 4.47. The summed E-state index contributed by atoms with van der Waals surface area (Å²) in [5.41, 5.74) is 4.24. The quantitative estimate of drug-likeness (QED) is 0.668. The van der Waals surface area contributed by atoms with E-state index in [1.807, 2.05) is 50.2 Å². The highest BCUT2D eigenvalue weighted by molar-refractivity contribution is 5.62. The summed E-state index contributed by atoms with van der Waals surface area (Å²) in [5.74, 6) is 1.90. The number of nitrogens with zero attached hydrogens (tertiary/aromatic N) is 3. The molecule has 0 saturated heterocycles. The molecule has 6 heteroatoms. The average molecular weight is 349 g/mol. The Morgan fingerprint density at radius 1 is 0.962 bits per heavy atom. The first kappa shape index (κ1) is 17.7. The molecule has 3 aromatic rings. The molecule has 6 nitrogen and oxygen atoms in total. The topological polar surface area (TPSA) is 72.0 Å². The summed E-state index contributed by atoms with van der Waals surface area (Å²) in [7, 11) is 0. The maximum atomic E-state index is 5.65. The van der Waals surface area contributed by atoms with Crippen LogP contribution in [0.15, 0.2) is 48.7 Å². The second kappa shape index (κ2) is 7.82. The van der Waals surface area contributed by atoms with E-state index < -0.39 is 0 Å². The van der Waals surface area contributed by atoms with Crippen LogP contribution in [0.4, 0.5) is 23.1 Å². The first-order valence-electron chi connectivity index (χ1n) is 8.58. The fourth-order valence-corrected chi connectivity index (χ4v) is 2.46. The van der Waals surface area contributed by atoms with Gasteiger partial charge in [0.1, 0.15) is 5.75 Å². The largest absolute Gasteiger partial charge is 0.491 e. The summed E-state index contributed by atoms with van der Waals surface area (Å²) in [4.78, 5) is 4.48. The lowest BCUT2D eigenvalue weighted by molar-refractivity contribution is 0.242. The average Bonchev–Trinajstić information content (AvgIpc) is 2.61. The standard InChI is InChI=1S/C20H23N5O/c1-13(2)26-17-10-8-16(9-11-17)22-19-12-21-25-20(24-19)23-18-7-5-6-14(3)15(18)4/h5-13H,1-4H3,(H2,22,23,24,25). The van der Waals surface area contributed by atoms with Crippen molar-refractivity contribution in [2.45, 2.75) is 33.8 Å². The van der Waals surface area contributed by atoms with Gasteiger partial charge in [0.2, 0.25) is 5.95 Å². The van der Waals surface area contributed by atoms with Crippen molar-refractivity contribution in [1.82, 2.24) is 15.2 Å². The Bertz CT molecular complexity index is 878. The van der Waals surface area contributed by atoms with E-state index in [2.05, 4.69) is 45.7 Å². The number of benzene rings is 2. The zero-order chi connectivity index (χ0) is 18.5. The molecule has 1 heterocycles. The number of hydrogen-bond donors (Lipinski definition) is 2. The zero-order valence-electron chi connectivity index (χ0n) is 15.4. The van der Waals surface area contributed by atoms with Crippen LogP contribution in [-0.2, 0) is 0 Å². The number of anilines is 4. The van der Waals surface area contributed by atoms with Crippen molar-refractivity contribution < 1.29 is 4.74 Å². The van der Waals surface area contributed by atoms with E-state index in [4.69, 9.17) is 4.74 Å². The Labute approximate surface area is 153 Å². The Balaban J connectivity index is 1.72. The number of ether oxygens (including phenoxy) is 1. The van der Waals surface area contributed by atoms with Crippen LogP contribution in [0.25, 0.3) is 0 Å². The summed E-state index contributed by atoms with van der Waals surface area (Å²) in [6, 6.07) is 13.8. The van der Waals surface area contributed by atoms with Crippen LogP contribution in [0.5, 0.6) is 5.75 Å². The van der Waals surface area contributed by atoms with Crippen molar-refractivity contribution in [2.24, 2.45) is 0 Å². The molecule has 134 valence electrons. The summed E-state index contributed by atoms with van der Waals surface area (Å²) in [5, 5.41) is 14.5. The van der Waals surface area contributed by atoms with Gasteiger partial charge < -0.3 is 15.4 Å². The van der Waals surface area contributed by atoms with Gasteiger partial charge >= 0.3 is 0 Å². The third-order valence-electron chi connectivity index (χ3n) is 3.91. The SMILES string of the molecule is Cc1cccc(Nc2nncc(Nc3ccc(OC(C)C)cc3)n2)c1C. The normalized spacial score (nSPS) is 10.7. The van der Waals surface area contributed by atoms with Gasteiger partial charge in [-0.25, -0.2) is 0 Å². The first-order chi connectivity index (χ1) is 12.5. The van der Waals surface area contributed by atoms with Crippen LogP contribution in [0, 0.1) is 13.8 Å². The lowest BCUT2D eigenvalue weighted by Crippen LogP contribution is -2.05. The van der Waals surface area contributed by atoms with Gasteiger partial charge in [-0.15, -0.1) is 5.10 Å². The van der Waals surface area contributed by atoms with E-state index in [1.54, 1.807) is 6.20 Å². The molecule has 2 aromatic carbocycles. The highest BCUT2D eigenvalue weighted by atomic mass is 16.5. The van der Waals surface area contributed by atoms with E-state index in [9.17, 15) is 0 Å². The number of nitrogens with one attached hydrogen (secondary N) is 2. The Kier molecular flexibility index (Phi) is 5.31. The molecule has 0 unspecified atom stereocenters. The fraction of sp³-hybridized carbons (Fsp3) is 0.250. The Hall–Kier alpha value is -3.15. The molecule has 0 aliphatic carbocycles. The molecule has 0 spiro atoms. The maximum absolute atomic E-state index is 5.65. The number of aryl methyl sites for hydroxylation is 1. The number of hydrogen-bond acceptors (Lipinski definition) is 6. The monoisotopic (exact) mass is 349 g/mol. The fourth-order valence-electron chi connectivity index (χ4n) is 2.46. The minimum Gasteiger partial charge on any atom is -0.491 e. The second-order valence-electron chi connectivity index (χ2n) is 6.35. The molecule has 2 N–H and O–H groups in total. The lowest BCUT2D eigenvalue weighted by Gasteiger charge is -2.12. The highest BCUT2D eigenvalue weighted by Gasteiger charge is 2.06. The molecule has 0 radical (unpaired) electrons. The predicted molar refractivity (Wildman–Crippen MR) is 105 cm³/mol. The van der Waals surface area contributed by atoms with Crippen molar-refractivity contribution in [2.75, 3.05) is 10.6 Å². The van der Waals surface area contributed by atoms with Gasteiger partial charge in [-0.1, -0.05) is 12.1 Å². The van der Waals surface area contributed by atoms with Crippen LogP contribution in [0.1, 0.15) is 25.0 Å². The van der Waals surface area contributed by atoms with Gasteiger partial charge in [0, 0.05) is 11.4 Å². The van der Waals surface area contributed by atoms with E-state index in [1.165, 1.54) is 5.56 Å². The van der Waals surface area contributed by atoms with Crippen molar-refractivity contribution in [3.05, 3.63) is 59.8 Å². The van der Waals surface area contributed by atoms with Crippen LogP contribution in [0.2, 0.25) is 0 Å². The predicted octanol–water partition coefficient (Wildman–Crippen LogP) is 4.76. The molecule has 0 aliphatic rings. The Morgan fingerprint density at radius 3 is 2.46 bits per heavy atom. The maximum Gasteiger partial charge on any atom is 0.249 e. The second-order valence-corrected chi connectivity index (χ2v) is 6.35. The first-order valence-corrected chi connectivity index (χ1v) is 8.58. The van der Waals surface area contributed by atoms with Crippen molar-refractivity contribution in [3.63, 3.8) is 0 Å². The van der Waals surface area contributed by atoms with Gasteiger partial charge in [-0.05, 0) is 69.2 Å². The summed E-state index contributed by atoms with van der Waals surface area (Å²) in [6.45, 7) is 8.14. The molecule has 0 amide bonds. The molecule has 0 fully saturated rings. The van der Waals surface area contributed by atoms with Gasteiger partial charge in [-0.3, -0.25) is 0 Å². The van der Waals surface area contributed by atoms with Crippen molar-refractivity contribution in [1.29, 1.82) is 0 Å². The minimum absolute atomic E-state index is 0.151. The van der Waals surface area contributed by atoms with Gasteiger partial charge in [0.05, 0.1) is 12.3 Å². The highest BCUT2D eigenvalue weighted by Crippen LogP contribution is 2.22. The zero-order valence-corrected chi connectivity index (χ0v) is 15.4. The van der Waals surface area contributed by atoms with E-state index in [-0.39, 0.29) is 6.10 Å². The molecule has 1 aromatic heterocycles. The van der Waals surface area contributed by atoms with Gasteiger partial charge in [0.25, 0.3) is 0 Å². The minimum atomic E-state index is 0.151. The molecule has 0 aliphatic heterocycles. The van der Waals surface area contributed by atoms with Crippen molar-refractivity contribution in [3.8, 4) is 5.75 Å². The number of aromatic nitrogens is 3. The summed E-state index contributed by atoms with van der Waals surface area (Å²) in [6.07, 6.45) is 1.74. The summed E-state index contributed by atoms with van der Waals surface area (Å²) >= 11 is 0. The van der Waals surface area contributed by atoms with Crippen molar-refractivity contribution >= 4 is 23.1 Å². The third-order valence-corrected chi connectivity index (χ3v) is 3.91. The molecule has 0 atom stereocenters. The smallest absolute Gasteiger partial charge is 0.249 e. The Morgan fingerprint density at radius 2 is 1.73 bits per heavy atom. The van der Waals surface area contributed by atoms with E-state index in [0.29, 0.717) is 11.8 Å². The number of rotatable bonds is 6. The van der Waals surface area contributed by atoms with E-state index >= 15 is 0 Å². The van der Waals surface area contributed by atoms with Crippen LogP contribution in [0.3, 0.4) is 0 Å². The molecule has 3 rings (SSSR count). The van der Waals surface area contributed by atoms with E-state index in [0.717, 1.165) is 22.7 Å². The van der Waals surface area contributed by atoms with Gasteiger partial charge in [0.15, 0.2) is 5.82 Å². The van der Waals surface area contributed by atoms with Gasteiger partial charge in [-0.2, -0.15) is 10.1 Å². The molecular weight excluding hydrogens is 326 g/mol. The molecule has 0 saturated carbocycles. The molecule has 0 bridgehead atoms. The summed E-state index contributed by atoms with van der Waals surface area (Å²) < 4.78 is 5.65.